The lowest BCUT2D eigenvalue weighted by Crippen LogP contribution is -2.07. The summed E-state index contributed by atoms with van der Waals surface area (Å²) in [5.41, 5.74) is 1.27. The van der Waals surface area contributed by atoms with Crippen molar-refractivity contribution in [1.29, 1.82) is 0 Å². The Morgan fingerprint density at radius 2 is 1.83 bits per heavy atom. The molecule has 0 aliphatic carbocycles. The summed E-state index contributed by atoms with van der Waals surface area (Å²) >= 11 is 0. The van der Waals surface area contributed by atoms with Crippen LogP contribution in [0.5, 0.6) is 5.75 Å². The van der Waals surface area contributed by atoms with E-state index in [1.165, 1.54) is 19.1 Å². The molecule has 0 unspecified atom stereocenters. The van der Waals surface area contributed by atoms with Gasteiger partial charge in [-0.1, -0.05) is 23.8 Å². The third kappa shape index (κ3) is 4.47. The van der Waals surface area contributed by atoms with Gasteiger partial charge in [-0.15, -0.1) is 0 Å². The van der Waals surface area contributed by atoms with Gasteiger partial charge >= 0.3 is 0 Å². The highest BCUT2D eigenvalue weighted by Gasteiger charge is 2.15. The van der Waals surface area contributed by atoms with Crippen LogP contribution in [0.25, 0.3) is 0 Å². The molecule has 0 heterocycles. The topological polar surface area (TPSA) is 43.4 Å². The van der Waals surface area contributed by atoms with Gasteiger partial charge in [0.25, 0.3) is 0 Å². The number of hydrogen-bond donors (Lipinski definition) is 0. The predicted molar refractivity (Wildman–Crippen MR) is 86.1 cm³/mol. The fraction of sp³-hybridized carbons (Fsp3) is 0.263. The zero-order valence-corrected chi connectivity index (χ0v) is 13.6. The van der Waals surface area contributed by atoms with Gasteiger partial charge in [-0.05, 0) is 32.0 Å². The largest absolute Gasteiger partial charge is 0.488 e. The van der Waals surface area contributed by atoms with E-state index in [9.17, 15) is 18.4 Å². The Bertz CT molecular complexity index is 769. The van der Waals surface area contributed by atoms with Crippen molar-refractivity contribution in [3.05, 3.63) is 64.7 Å². The molecule has 0 aliphatic rings. The lowest BCUT2D eigenvalue weighted by Gasteiger charge is -2.12. The quantitative estimate of drug-likeness (QED) is 0.706. The van der Waals surface area contributed by atoms with Crippen molar-refractivity contribution in [1.82, 2.24) is 0 Å². The molecule has 0 aliphatic heterocycles. The molecule has 0 amide bonds. The first-order valence-corrected chi connectivity index (χ1v) is 7.57. The van der Waals surface area contributed by atoms with E-state index in [1.807, 2.05) is 6.92 Å². The summed E-state index contributed by atoms with van der Waals surface area (Å²) in [6.45, 7) is 3.06. The zero-order chi connectivity index (χ0) is 17.7. The van der Waals surface area contributed by atoms with Gasteiger partial charge in [0.1, 0.15) is 18.1 Å². The molecule has 3 nitrogen and oxygen atoms in total. The molecule has 0 fully saturated rings. The molecular weight excluding hydrogens is 314 g/mol. The number of carbonyl (C=O) groups is 2. The van der Waals surface area contributed by atoms with Crippen LogP contribution in [-0.2, 0) is 11.4 Å². The van der Waals surface area contributed by atoms with E-state index in [4.69, 9.17) is 4.74 Å². The molecule has 0 atom stereocenters. The van der Waals surface area contributed by atoms with Crippen LogP contribution in [0.2, 0.25) is 0 Å². The summed E-state index contributed by atoms with van der Waals surface area (Å²) in [4.78, 5) is 23.3. The molecule has 0 N–H and O–H groups in total. The Morgan fingerprint density at radius 1 is 1.08 bits per heavy atom. The van der Waals surface area contributed by atoms with Gasteiger partial charge in [0.05, 0.1) is 5.56 Å². The molecule has 2 rings (SSSR count). The molecule has 0 saturated carbocycles. The van der Waals surface area contributed by atoms with E-state index in [0.29, 0.717) is 5.56 Å². The van der Waals surface area contributed by atoms with E-state index >= 15 is 0 Å². The minimum absolute atomic E-state index is 0.0673. The average molecular weight is 332 g/mol. The minimum Gasteiger partial charge on any atom is -0.488 e. The van der Waals surface area contributed by atoms with Gasteiger partial charge < -0.3 is 9.53 Å². The molecule has 2 aromatic rings. The van der Waals surface area contributed by atoms with Crippen molar-refractivity contribution in [2.75, 3.05) is 0 Å². The van der Waals surface area contributed by atoms with E-state index < -0.39 is 11.6 Å². The highest BCUT2D eigenvalue weighted by molar-refractivity contribution is 6.00. The molecule has 0 radical (unpaired) electrons. The van der Waals surface area contributed by atoms with Crippen molar-refractivity contribution in [2.24, 2.45) is 0 Å². The van der Waals surface area contributed by atoms with Crippen molar-refractivity contribution in [3.8, 4) is 5.75 Å². The number of rotatable bonds is 7. The van der Waals surface area contributed by atoms with E-state index in [0.717, 1.165) is 11.6 Å². The molecule has 0 saturated heterocycles. The number of aryl methyl sites for hydroxylation is 1. The van der Waals surface area contributed by atoms with Crippen LogP contribution in [-0.4, -0.2) is 11.6 Å². The number of Topliss-reactive ketones (excluding diaryl/α,β-unsaturated/α-hetero) is 2. The third-order valence-electron chi connectivity index (χ3n) is 3.55. The maximum Gasteiger partial charge on any atom is 0.167 e. The van der Waals surface area contributed by atoms with Crippen LogP contribution in [0, 0.1) is 18.6 Å². The molecule has 126 valence electrons. The zero-order valence-electron chi connectivity index (χ0n) is 13.6. The van der Waals surface area contributed by atoms with Crippen LogP contribution in [0.15, 0.2) is 36.4 Å². The number of carbonyl (C=O) groups excluding carboxylic acids is 2. The second-order valence-corrected chi connectivity index (χ2v) is 5.63. The average Bonchev–Trinajstić information content (AvgIpc) is 2.54. The first-order valence-electron chi connectivity index (χ1n) is 7.57. The lowest BCUT2D eigenvalue weighted by atomic mass is 10.0. The summed E-state index contributed by atoms with van der Waals surface area (Å²) in [5.74, 6) is -1.91. The van der Waals surface area contributed by atoms with Gasteiger partial charge in [-0.2, -0.15) is 0 Å². The van der Waals surface area contributed by atoms with Crippen molar-refractivity contribution in [2.45, 2.75) is 33.3 Å². The molecule has 0 bridgehead atoms. The normalized spacial score (nSPS) is 10.5. The Hall–Kier alpha value is -2.56. The van der Waals surface area contributed by atoms with Gasteiger partial charge in [-0.25, -0.2) is 8.78 Å². The summed E-state index contributed by atoms with van der Waals surface area (Å²) < 4.78 is 32.4. The number of hydrogen-bond acceptors (Lipinski definition) is 3. The Kier molecular flexibility index (Phi) is 5.79. The van der Waals surface area contributed by atoms with Gasteiger partial charge in [0.15, 0.2) is 17.4 Å². The summed E-state index contributed by atoms with van der Waals surface area (Å²) in [5, 5.41) is 0. The molecule has 0 spiro atoms. The first kappa shape index (κ1) is 17.8. The highest BCUT2D eigenvalue weighted by Crippen LogP contribution is 2.24. The molecular formula is C19H18F2O3. The van der Waals surface area contributed by atoms with Gasteiger partial charge in [0.2, 0.25) is 0 Å². The fourth-order valence-electron chi connectivity index (χ4n) is 2.23. The van der Waals surface area contributed by atoms with Crippen LogP contribution < -0.4 is 4.74 Å². The first-order chi connectivity index (χ1) is 11.4. The Balaban J connectivity index is 2.19. The second kappa shape index (κ2) is 7.81. The van der Waals surface area contributed by atoms with Crippen molar-refractivity contribution >= 4 is 11.6 Å². The van der Waals surface area contributed by atoms with E-state index in [1.54, 1.807) is 18.2 Å². The summed E-state index contributed by atoms with van der Waals surface area (Å²) in [6.07, 6.45) is 0.244. The third-order valence-corrected chi connectivity index (χ3v) is 3.55. The Morgan fingerprint density at radius 3 is 2.54 bits per heavy atom. The van der Waals surface area contributed by atoms with Crippen molar-refractivity contribution < 1.29 is 23.1 Å². The molecule has 5 heteroatoms. The van der Waals surface area contributed by atoms with Crippen LogP contribution >= 0.6 is 0 Å². The second-order valence-electron chi connectivity index (χ2n) is 5.63. The minimum atomic E-state index is -0.964. The smallest absolute Gasteiger partial charge is 0.167 e. The van der Waals surface area contributed by atoms with Gasteiger partial charge in [0, 0.05) is 18.4 Å². The van der Waals surface area contributed by atoms with E-state index in [2.05, 4.69) is 0 Å². The van der Waals surface area contributed by atoms with Crippen LogP contribution in [0.1, 0.15) is 41.3 Å². The van der Waals surface area contributed by atoms with Crippen LogP contribution in [0.3, 0.4) is 0 Å². The highest BCUT2D eigenvalue weighted by atomic mass is 19.2. The molecule has 2 aromatic carbocycles. The number of ketones is 2. The fourth-order valence-corrected chi connectivity index (χ4v) is 2.23. The SMILES string of the molecule is CC(=O)CCC(=O)c1cc(C)ccc1OCc1cccc(F)c1F. The predicted octanol–water partition coefficient (Wildman–Crippen LogP) is 4.40. The number of benzene rings is 2. The van der Waals surface area contributed by atoms with E-state index in [-0.39, 0.29) is 42.3 Å². The maximum atomic E-state index is 13.7. The lowest BCUT2D eigenvalue weighted by molar-refractivity contribution is -0.116. The Labute approximate surface area is 139 Å². The monoisotopic (exact) mass is 332 g/mol. The van der Waals surface area contributed by atoms with Gasteiger partial charge in [-0.3, -0.25) is 4.79 Å². The number of ether oxygens (including phenoxy) is 1. The van der Waals surface area contributed by atoms with Crippen molar-refractivity contribution in [3.63, 3.8) is 0 Å². The summed E-state index contributed by atoms with van der Waals surface area (Å²) in [6, 6.07) is 8.89. The van der Waals surface area contributed by atoms with Crippen LogP contribution in [0.4, 0.5) is 8.78 Å². The molecule has 24 heavy (non-hydrogen) atoms. The maximum absolute atomic E-state index is 13.7. The summed E-state index contributed by atoms with van der Waals surface area (Å²) in [7, 11) is 0. The molecule has 0 aromatic heterocycles. The standard InChI is InChI=1S/C19H18F2O3/c1-12-6-9-18(15(10-12)17(23)8-7-13(2)22)24-11-14-4-3-5-16(20)19(14)21/h3-6,9-10H,7-8,11H2,1-2H3. The number of halogens is 2.